The van der Waals surface area contributed by atoms with Gasteiger partial charge in [-0.2, -0.15) is 0 Å². The van der Waals surface area contributed by atoms with Crippen LogP contribution in [0.15, 0.2) is 0 Å². The van der Waals surface area contributed by atoms with Crippen LogP contribution in [0.25, 0.3) is 0 Å². The summed E-state index contributed by atoms with van der Waals surface area (Å²) in [5.41, 5.74) is 0. The third-order valence-electron chi connectivity index (χ3n) is 3.16. The van der Waals surface area contributed by atoms with Gasteiger partial charge in [-0.25, -0.2) is 9.59 Å². The van der Waals surface area contributed by atoms with Crippen LogP contribution < -0.4 is 10.6 Å². The number of rotatable bonds is 5. The van der Waals surface area contributed by atoms with E-state index in [0.29, 0.717) is 19.4 Å². The van der Waals surface area contributed by atoms with Crippen molar-refractivity contribution in [3.63, 3.8) is 0 Å². The van der Waals surface area contributed by atoms with Gasteiger partial charge in [-0.15, -0.1) is 0 Å². The van der Waals surface area contributed by atoms with Crippen LogP contribution in [-0.4, -0.2) is 66.7 Å². The summed E-state index contributed by atoms with van der Waals surface area (Å²) in [5.74, 6) is -2.06. The number of piperidine rings is 1. The minimum absolute atomic E-state index is 0.00237. The molecule has 0 radical (unpaired) electrons. The number of nitrogens with one attached hydrogen (secondary N) is 2. The summed E-state index contributed by atoms with van der Waals surface area (Å²) in [6.07, 6.45) is 0.361. The quantitative estimate of drug-likeness (QED) is 0.555. The fourth-order valence-corrected chi connectivity index (χ4v) is 1.97. The predicted molar refractivity (Wildman–Crippen MR) is 70.4 cm³/mol. The van der Waals surface area contributed by atoms with Crippen molar-refractivity contribution < 1.29 is 29.0 Å². The third kappa shape index (κ3) is 5.28. The highest BCUT2D eigenvalue weighted by molar-refractivity contribution is 5.86. The van der Waals surface area contributed by atoms with Crippen LogP contribution >= 0.6 is 0 Å². The number of carboxylic acid groups (broad SMARTS) is 1. The van der Waals surface area contributed by atoms with Crippen molar-refractivity contribution in [3.8, 4) is 0 Å². The number of likely N-dealkylation sites (N-methyl/N-ethyl adjacent to an activating group) is 1. The number of esters is 1. The molecule has 0 saturated carbocycles. The number of carbonyl (C=O) groups is 4. The Morgan fingerprint density at radius 2 is 2.14 bits per heavy atom. The van der Waals surface area contributed by atoms with Gasteiger partial charge in [0.05, 0.1) is 13.5 Å². The van der Waals surface area contributed by atoms with Crippen LogP contribution in [-0.2, 0) is 19.1 Å². The van der Waals surface area contributed by atoms with Crippen LogP contribution in [0.3, 0.4) is 0 Å². The van der Waals surface area contributed by atoms with Gasteiger partial charge in [0.2, 0.25) is 5.91 Å². The molecule has 9 heteroatoms. The number of carboxylic acids is 1. The molecule has 0 aromatic heterocycles. The number of hydrogen-bond acceptors (Lipinski definition) is 5. The Balaban J connectivity index is 2.48. The van der Waals surface area contributed by atoms with E-state index in [-0.39, 0.29) is 11.9 Å². The molecule has 21 heavy (non-hydrogen) atoms. The van der Waals surface area contributed by atoms with Crippen molar-refractivity contribution in [1.29, 1.82) is 0 Å². The van der Waals surface area contributed by atoms with E-state index in [1.165, 1.54) is 4.90 Å². The van der Waals surface area contributed by atoms with Crippen molar-refractivity contribution in [2.45, 2.75) is 31.3 Å². The zero-order valence-corrected chi connectivity index (χ0v) is 11.9. The topological polar surface area (TPSA) is 125 Å². The summed E-state index contributed by atoms with van der Waals surface area (Å²) in [6.45, 7) is 0.362. The van der Waals surface area contributed by atoms with E-state index in [1.807, 2.05) is 0 Å². The molecule has 2 atom stereocenters. The van der Waals surface area contributed by atoms with E-state index in [9.17, 15) is 19.2 Å². The highest BCUT2D eigenvalue weighted by Crippen LogP contribution is 2.09. The molecular weight excluding hydrogens is 282 g/mol. The summed E-state index contributed by atoms with van der Waals surface area (Å²) in [6, 6.07) is -2.31. The molecule has 0 aliphatic carbocycles. The molecule has 1 aliphatic rings. The van der Waals surface area contributed by atoms with Gasteiger partial charge in [0.1, 0.15) is 6.04 Å². The van der Waals surface area contributed by atoms with Crippen LogP contribution in [0, 0.1) is 0 Å². The molecule has 0 spiro atoms. The molecule has 0 bridgehead atoms. The number of hydrogen-bond donors (Lipinski definition) is 3. The Bertz CT molecular complexity index is 439. The van der Waals surface area contributed by atoms with Gasteiger partial charge in [0.15, 0.2) is 0 Å². The smallest absolute Gasteiger partial charge is 0.326 e. The molecule has 0 aromatic rings. The van der Waals surface area contributed by atoms with Gasteiger partial charge in [-0.1, -0.05) is 0 Å². The Hall–Kier alpha value is -2.32. The first-order chi connectivity index (χ1) is 9.83. The molecular formula is C12H19N3O6. The first kappa shape index (κ1) is 16.7. The summed E-state index contributed by atoms with van der Waals surface area (Å²) < 4.78 is 4.37. The lowest BCUT2D eigenvalue weighted by atomic mass is 10.1. The molecule has 118 valence electrons. The second-order valence-corrected chi connectivity index (χ2v) is 4.80. The largest absolute Gasteiger partial charge is 0.480 e. The van der Waals surface area contributed by atoms with Crippen molar-refractivity contribution in [2.75, 3.05) is 20.7 Å². The van der Waals surface area contributed by atoms with Crippen molar-refractivity contribution >= 4 is 23.9 Å². The van der Waals surface area contributed by atoms with E-state index >= 15 is 0 Å². The molecule has 1 rings (SSSR count). The molecule has 1 heterocycles. The van der Waals surface area contributed by atoms with E-state index in [2.05, 4.69) is 15.4 Å². The Morgan fingerprint density at radius 1 is 1.48 bits per heavy atom. The molecule has 0 aromatic carbocycles. The van der Waals surface area contributed by atoms with Gasteiger partial charge in [-0.05, 0) is 6.42 Å². The highest BCUT2D eigenvalue weighted by atomic mass is 16.5. The van der Waals surface area contributed by atoms with Crippen LogP contribution in [0.2, 0.25) is 0 Å². The van der Waals surface area contributed by atoms with Crippen LogP contribution in [0.5, 0.6) is 0 Å². The standard InChI is InChI=1S/C12H19N3O6/c1-15-6-7(3-4-9(15)16)13-12(20)14-8(11(18)19)5-10(17)21-2/h7-8H,3-6H2,1-2H3,(H,18,19)(H2,13,14,20)/t7?,8-/m0/s1. The van der Waals surface area contributed by atoms with Gasteiger partial charge in [0.25, 0.3) is 0 Å². The van der Waals surface area contributed by atoms with Crippen molar-refractivity contribution in [2.24, 2.45) is 0 Å². The maximum atomic E-state index is 11.7. The summed E-state index contributed by atoms with van der Waals surface area (Å²) in [7, 11) is 2.77. The second kappa shape index (κ2) is 7.46. The SMILES string of the molecule is COC(=O)C[C@H](NC(=O)NC1CCC(=O)N(C)C1)C(=O)O. The highest BCUT2D eigenvalue weighted by Gasteiger charge is 2.27. The van der Waals surface area contributed by atoms with Gasteiger partial charge in [0, 0.05) is 26.1 Å². The van der Waals surface area contributed by atoms with Gasteiger partial charge in [-0.3, -0.25) is 9.59 Å². The molecule has 1 aliphatic heterocycles. The number of likely N-dealkylation sites (tertiary alicyclic amines) is 1. The lowest BCUT2D eigenvalue weighted by Gasteiger charge is -2.30. The Kier molecular flexibility index (Phi) is 5.94. The predicted octanol–water partition coefficient (Wildman–Crippen LogP) is -1.08. The number of urea groups is 1. The molecule has 3 N–H and O–H groups in total. The zero-order chi connectivity index (χ0) is 16.0. The van der Waals surface area contributed by atoms with Crippen molar-refractivity contribution in [3.05, 3.63) is 0 Å². The first-order valence-electron chi connectivity index (χ1n) is 6.44. The monoisotopic (exact) mass is 301 g/mol. The average molecular weight is 301 g/mol. The van der Waals surface area contributed by atoms with Crippen LogP contribution in [0.4, 0.5) is 4.79 Å². The lowest BCUT2D eigenvalue weighted by Crippen LogP contribution is -2.54. The molecule has 1 saturated heterocycles. The van der Waals surface area contributed by atoms with Crippen LogP contribution in [0.1, 0.15) is 19.3 Å². The fraction of sp³-hybridized carbons (Fsp3) is 0.667. The first-order valence-corrected chi connectivity index (χ1v) is 6.44. The fourth-order valence-electron chi connectivity index (χ4n) is 1.97. The lowest BCUT2D eigenvalue weighted by molar-refractivity contribution is -0.147. The Labute approximate surface area is 121 Å². The van der Waals surface area contributed by atoms with Crippen molar-refractivity contribution in [1.82, 2.24) is 15.5 Å². The van der Waals surface area contributed by atoms with Gasteiger partial charge >= 0.3 is 18.0 Å². The number of nitrogens with zero attached hydrogens (tertiary/aromatic N) is 1. The summed E-state index contributed by atoms with van der Waals surface area (Å²) in [4.78, 5) is 46.6. The molecule has 9 nitrogen and oxygen atoms in total. The number of carbonyl (C=O) groups excluding carboxylic acids is 3. The molecule has 3 amide bonds. The molecule has 1 fully saturated rings. The van der Waals surface area contributed by atoms with E-state index in [4.69, 9.17) is 5.11 Å². The van der Waals surface area contributed by atoms with E-state index in [1.54, 1.807) is 7.05 Å². The minimum atomic E-state index is -1.36. The summed E-state index contributed by atoms with van der Waals surface area (Å²) >= 11 is 0. The maximum Gasteiger partial charge on any atom is 0.326 e. The zero-order valence-electron chi connectivity index (χ0n) is 11.9. The second-order valence-electron chi connectivity index (χ2n) is 4.80. The van der Waals surface area contributed by atoms with E-state index < -0.39 is 30.4 Å². The maximum absolute atomic E-state index is 11.7. The summed E-state index contributed by atoms with van der Waals surface area (Å²) in [5, 5.41) is 13.7. The number of methoxy groups -OCH3 is 1. The average Bonchev–Trinajstić information content (AvgIpc) is 2.41. The third-order valence-corrected chi connectivity index (χ3v) is 3.16. The Morgan fingerprint density at radius 3 is 2.67 bits per heavy atom. The normalized spacial score (nSPS) is 19.6. The minimum Gasteiger partial charge on any atom is -0.480 e. The molecule has 1 unspecified atom stereocenters. The number of amides is 3. The number of aliphatic carboxylic acids is 1. The van der Waals surface area contributed by atoms with Gasteiger partial charge < -0.3 is 25.4 Å². The van der Waals surface area contributed by atoms with E-state index in [0.717, 1.165) is 7.11 Å². The number of ether oxygens (including phenoxy) is 1.